The number of carbonyl (C=O) groups is 4. The number of furan rings is 1. The number of amides is 5. The number of anilines is 1. The van der Waals surface area contributed by atoms with Crippen LogP contribution < -0.4 is 15.6 Å². The molecule has 1 aliphatic rings. The molecule has 0 aliphatic carbocycles. The summed E-state index contributed by atoms with van der Waals surface area (Å²) in [5.74, 6) is -4.67. The molecule has 9 nitrogen and oxygen atoms in total. The van der Waals surface area contributed by atoms with Crippen LogP contribution in [-0.4, -0.2) is 30.0 Å². The van der Waals surface area contributed by atoms with Crippen LogP contribution in [0.1, 0.15) is 16.1 Å². The van der Waals surface area contributed by atoms with Crippen LogP contribution in [0.4, 0.5) is 23.7 Å². The number of benzene rings is 1. The largest absolute Gasteiger partial charge is 0.459 e. The van der Waals surface area contributed by atoms with Gasteiger partial charge in [0.1, 0.15) is 0 Å². The van der Waals surface area contributed by atoms with E-state index in [-0.39, 0.29) is 11.4 Å². The molecule has 1 aliphatic heterocycles. The Morgan fingerprint density at radius 2 is 1.97 bits per heavy atom. The molecule has 29 heavy (non-hydrogen) atoms. The standard InChI is InChI=1S/C17H11F3N4O5/c18-17(19,20)9-3-1-4-10(7-9)24-15(27)11(13(25)22-16(24)28)8-21-23-14(26)12-5-2-6-29-12/h1-8,11H,(H,23,26)(H,22,25,28)/b21-8-/t11-/m0/s1. The van der Waals surface area contributed by atoms with Crippen LogP contribution in [0.3, 0.4) is 0 Å². The van der Waals surface area contributed by atoms with Gasteiger partial charge in [0.05, 0.1) is 17.5 Å². The van der Waals surface area contributed by atoms with E-state index >= 15 is 0 Å². The fourth-order valence-electron chi connectivity index (χ4n) is 2.42. The van der Waals surface area contributed by atoms with Gasteiger partial charge in [0.25, 0.3) is 5.91 Å². The number of carbonyl (C=O) groups excluding carboxylic acids is 4. The fraction of sp³-hybridized carbons (Fsp3) is 0.118. The molecule has 1 saturated heterocycles. The summed E-state index contributed by atoms with van der Waals surface area (Å²) in [6.07, 6.45) is -2.70. The van der Waals surface area contributed by atoms with E-state index in [2.05, 4.69) is 5.10 Å². The summed E-state index contributed by atoms with van der Waals surface area (Å²) in [7, 11) is 0. The van der Waals surface area contributed by atoms with Gasteiger partial charge in [-0.2, -0.15) is 18.3 Å². The van der Waals surface area contributed by atoms with Crippen LogP contribution in [0.5, 0.6) is 0 Å². The zero-order valence-corrected chi connectivity index (χ0v) is 14.3. The first-order valence-electron chi connectivity index (χ1n) is 7.91. The maximum absolute atomic E-state index is 12.9. The van der Waals surface area contributed by atoms with Gasteiger partial charge in [0.2, 0.25) is 5.91 Å². The Bertz CT molecular complexity index is 1000. The number of urea groups is 1. The van der Waals surface area contributed by atoms with Crippen LogP contribution in [0.25, 0.3) is 0 Å². The van der Waals surface area contributed by atoms with Gasteiger partial charge in [-0.3, -0.25) is 19.7 Å². The topological polar surface area (TPSA) is 121 Å². The van der Waals surface area contributed by atoms with Crippen molar-refractivity contribution in [2.75, 3.05) is 4.90 Å². The zero-order valence-electron chi connectivity index (χ0n) is 14.3. The monoisotopic (exact) mass is 408 g/mol. The number of alkyl halides is 3. The molecule has 0 radical (unpaired) electrons. The van der Waals surface area contributed by atoms with E-state index < -0.39 is 41.4 Å². The minimum Gasteiger partial charge on any atom is -0.459 e. The number of hydrazone groups is 1. The van der Waals surface area contributed by atoms with E-state index in [9.17, 15) is 32.3 Å². The van der Waals surface area contributed by atoms with Crippen molar-refractivity contribution in [1.82, 2.24) is 10.7 Å². The van der Waals surface area contributed by atoms with Crippen molar-refractivity contribution >= 4 is 35.7 Å². The average molecular weight is 408 g/mol. The number of nitrogens with zero attached hydrogens (tertiary/aromatic N) is 2. The van der Waals surface area contributed by atoms with Gasteiger partial charge in [-0.15, -0.1) is 0 Å². The van der Waals surface area contributed by atoms with Crippen molar-refractivity contribution in [2.45, 2.75) is 6.18 Å². The second kappa shape index (κ2) is 7.58. The molecule has 0 spiro atoms. The Balaban J connectivity index is 1.81. The van der Waals surface area contributed by atoms with E-state index in [0.29, 0.717) is 11.0 Å². The van der Waals surface area contributed by atoms with Crippen LogP contribution in [0, 0.1) is 5.92 Å². The SMILES string of the molecule is O=C(N/N=C\[C@H]1C(=O)NC(=O)N(c2cccc(C(F)(F)F)c2)C1=O)c1ccco1. The van der Waals surface area contributed by atoms with Gasteiger partial charge in [-0.25, -0.2) is 15.1 Å². The Hall–Kier alpha value is -3.96. The van der Waals surface area contributed by atoms with Gasteiger partial charge < -0.3 is 4.42 Å². The van der Waals surface area contributed by atoms with Crippen molar-refractivity contribution in [3.05, 3.63) is 54.0 Å². The lowest BCUT2D eigenvalue weighted by Crippen LogP contribution is -2.58. The Morgan fingerprint density at radius 1 is 1.21 bits per heavy atom. The maximum Gasteiger partial charge on any atom is 0.416 e. The summed E-state index contributed by atoms with van der Waals surface area (Å²) >= 11 is 0. The predicted octanol–water partition coefficient (Wildman–Crippen LogP) is 1.91. The molecule has 5 amide bonds. The summed E-state index contributed by atoms with van der Waals surface area (Å²) in [5, 5.41) is 5.33. The van der Waals surface area contributed by atoms with Crippen LogP contribution >= 0.6 is 0 Å². The number of hydrogen-bond acceptors (Lipinski definition) is 6. The van der Waals surface area contributed by atoms with Crippen molar-refractivity contribution in [3.63, 3.8) is 0 Å². The average Bonchev–Trinajstić information content (AvgIpc) is 3.18. The number of nitrogens with one attached hydrogen (secondary N) is 2. The lowest BCUT2D eigenvalue weighted by Gasteiger charge is -2.28. The number of halogens is 3. The quantitative estimate of drug-likeness (QED) is 0.455. The third-order valence-corrected chi connectivity index (χ3v) is 3.77. The van der Waals surface area contributed by atoms with E-state index in [1.165, 1.54) is 18.4 Å². The van der Waals surface area contributed by atoms with Crippen molar-refractivity contribution in [1.29, 1.82) is 0 Å². The van der Waals surface area contributed by atoms with Crippen molar-refractivity contribution < 1.29 is 36.8 Å². The van der Waals surface area contributed by atoms with Gasteiger partial charge >= 0.3 is 18.1 Å². The highest BCUT2D eigenvalue weighted by Gasteiger charge is 2.41. The molecule has 0 bridgehead atoms. The first-order valence-corrected chi connectivity index (χ1v) is 7.91. The molecule has 2 heterocycles. The minimum atomic E-state index is -4.70. The highest BCUT2D eigenvalue weighted by Crippen LogP contribution is 2.32. The molecular weight excluding hydrogens is 397 g/mol. The molecule has 1 aromatic heterocycles. The summed E-state index contributed by atoms with van der Waals surface area (Å²) in [4.78, 5) is 48.6. The van der Waals surface area contributed by atoms with E-state index in [1.807, 2.05) is 10.7 Å². The van der Waals surface area contributed by atoms with Gasteiger partial charge in [0.15, 0.2) is 11.7 Å². The molecule has 0 saturated carbocycles. The lowest BCUT2D eigenvalue weighted by molar-refractivity contribution is -0.138. The van der Waals surface area contributed by atoms with Gasteiger partial charge in [-0.05, 0) is 30.3 Å². The zero-order chi connectivity index (χ0) is 21.2. The van der Waals surface area contributed by atoms with Crippen molar-refractivity contribution in [2.24, 2.45) is 11.0 Å². The maximum atomic E-state index is 12.9. The van der Waals surface area contributed by atoms with E-state index in [1.54, 1.807) is 0 Å². The predicted molar refractivity (Wildman–Crippen MR) is 90.6 cm³/mol. The second-order valence-corrected chi connectivity index (χ2v) is 5.69. The van der Waals surface area contributed by atoms with E-state index in [4.69, 9.17) is 4.42 Å². The molecule has 150 valence electrons. The second-order valence-electron chi connectivity index (χ2n) is 5.69. The smallest absolute Gasteiger partial charge is 0.416 e. The van der Waals surface area contributed by atoms with Gasteiger partial charge in [0, 0.05) is 6.21 Å². The fourth-order valence-corrected chi connectivity index (χ4v) is 2.42. The first-order chi connectivity index (χ1) is 13.7. The lowest BCUT2D eigenvalue weighted by atomic mass is 10.1. The van der Waals surface area contributed by atoms with Crippen LogP contribution in [0.2, 0.25) is 0 Å². The molecule has 2 aromatic rings. The summed E-state index contributed by atoms with van der Waals surface area (Å²) in [5.41, 5.74) is 0.559. The van der Waals surface area contributed by atoms with Gasteiger partial charge in [-0.1, -0.05) is 6.07 Å². The van der Waals surface area contributed by atoms with Crippen LogP contribution in [-0.2, 0) is 15.8 Å². The number of hydrogen-bond donors (Lipinski definition) is 2. The Morgan fingerprint density at radius 3 is 2.62 bits per heavy atom. The molecule has 12 heteroatoms. The summed E-state index contributed by atoms with van der Waals surface area (Å²) in [6, 6.07) is 5.08. The molecule has 1 fully saturated rings. The molecule has 1 atom stereocenters. The highest BCUT2D eigenvalue weighted by molar-refractivity contribution is 6.32. The van der Waals surface area contributed by atoms with Crippen LogP contribution in [0.15, 0.2) is 52.2 Å². The third kappa shape index (κ3) is 4.15. The third-order valence-electron chi connectivity index (χ3n) is 3.77. The van der Waals surface area contributed by atoms with Crippen molar-refractivity contribution in [3.8, 4) is 0 Å². The number of rotatable bonds is 4. The Labute approximate surface area is 160 Å². The summed E-state index contributed by atoms with van der Waals surface area (Å²) in [6.45, 7) is 0. The molecule has 2 N–H and O–H groups in total. The molecule has 3 rings (SSSR count). The molecule has 0 unspecified atom stereocenters. The molecule has 1 aromatic carbocycles. The number of imide groups is 2. The normalized spacial score (nSPS) is 17.6. The Kier molecular flexibility index (Phi) is 5.17. The highest BCUT2D eigenvalue weighted by atomic mass is 19.4. The number of barbiturate groups is 1. The first kappa shape index (κ1) is 19.8. The minimum absolute atomic E-state index is 0.0812. The summed E-state index contributed by atoms with van der Waals surface area (Å²) < 4.78 is 43.5. The van der Waals surface area contributed by atoms with E-state index in [0.717, 1.165) is 24.4 Å². The molecular formula is C17H11F3N4O5.